The third-order valence-corrected chi connectivity index (χ3v) is 1.74. The molecule has 0 aromatic rings. The molecule has 0 spiro atoms. The smallest absolute Gasteiger partial charge is 0.410 e. The first kappa shape index (κ1) is 14.2. The van der Waals surface area contributed by atoms with Gasteiger partial charge in [0.2, 0.25) is 0 Å². The van der Waals surface area contributed by atoms with Gasteiger partial charge in [0.25, 0.3) is 0 Å². The Bertz CT molecular complexity index is 207. The molecule has 0 aromatic heterocycles. The maximum absolute atomic E-state index is 11.8. The lowest BCUT2D eigenvalue weighted by Crippen LogP contribution is -2.46. The van der Waals surface area contributed by atoms with Crippen LogP contribution in [0.5, 0.6) is 0 Å². The molecule has 0 bridgehead atoms. The number of hydrogen-bond acceptors (Lipinski definition) is 3. The molecule has 0 heterocycles. The van der Waals surface area contributed by atoms with Crippen LogP contribution in [0.15, 0.2) is 0 Å². The molecule has 0 saturated heterocycles. The fraction of sp³-hybridized carbons (Fsp3) is 0.909. The van der Waals surface area contributed by atoms with Gasteiger partial charge in [-0.25, -0.2) is 4.79 Å². The minimum atomic E-state index is -0.456. The maximum atomic E-state index is 11.8. The lowest BCUT2D eigenvalue weighted by molar-refractivity contribution is 0.0181. The van der Waals surface area contributed by atoms with Crippen LogP contribution in [-0.2, 0) is 4.74 Å². The summed E-state index contributed by atoms with van der Waals surface area (Å²) in [5.74, 6) is 0. The molecule has 15 heavy (non-hydrogen) atoms. The fourth-order valence-corrected chi connectivity index (χ4v) is 1.13. The highest BCUT2D eigenvalue weighted by Crippen LogP contribution is 2.11. The van der Waals surface area contributed by atoms with Gasteiger partial charge in [0.05, 0.1) is 0 Å². The number of rotatable bonds is 3. The van der Waals surface area contributed by atoms with Crippen LogP contribution in [0, 0.1) is 0 Å². The van der Waals surface area contributed by atoms with Crippen LogP contribution >= 0.6 is 0 Å². The third-order valence-electron chi connectivity index (χ3n) is 1.74. The number of hydrogen-bond donors (Lipinski definition) is 1. The Morgan fingerprint density at radius 3 is 2.07 bits per heavy atom. The van der Waals surface area contributed by atoms with Crippen LogP contribution in [0.3, 0.4) is 0 Å². The van der Waals surface area contributed by atoms with Crippen molar-refractivity contribution in [3.8, 4) is 0 Å². The monoisotopic (exact) mass is 216 g/mol. The number of nitrogens with zero attached hydrogens (tertiary/aromatic N) is 1. The van der Waals surface area contributed by atoms with Gasteiger partial charge in [-0.1, -0.05) is 0 Å². The number of carbonyl (C=O) groups is 1. The van der Waals surface area contributed by atoms with Crippen molar-refractivity contribution < 1.29 is 9.53 Å². The Morgan fingerprint density at radius 1 is 1.33 bits per heavy atom. The van der Waals surface area contributed by atoms with E-state index in [0.717, 1.165) is 0 Å². The van der Waals surface area contributed by atoms with Crippen LogP contribution < -0.4 is 5.73 Å². The van der Waals surface area contributed by atoms with E-state index < -0.39 is 5.60 Å². The second-order valence-corrected chi connectivity index (χ2v) is 5.20. The summed E-state index contributed by atoms with van der Waals surface area (Å²) < 4.78 is 5.29. The van der Waals surface area contributed by atoms with E-state index in [0.29, 0.717) is 6.54 Å². The summed E-state index contributed by atoms with van der Waals surface area (Å²) in [6, 6.07) is 0.0609. The maximum Gasteiger partial charge on any atom is 0.410 e. The average Bonchev–Trinajstić information content (AvgIpc) is 1.95. The van der Waals surface area contributed by atoms with Gasteiger partial charge in [-0.2, -0.15) is 0 Å². The standard InChI is InChI=1S/C11H24N2O2/c1-8(2)13(7-9(3)12)10(14)15-11(4,5)6/h8-9H,7,12H2,1-6H3/t9-/m0/s1. The third kappa shape index (κ3) is 6.33. The largest absolute Gasteiger partial charge is 0.444 e. The van der Waals surface area contributed by atoms with E-state index in [2.05, 4.69) is 0 Å². The molecular weight excluding hydrogens is 192 g/mol. The normalized spacial score (nSPS) is 13.9. The molecule has 0 aromatic carbocycles. The summed E-state index contributed by atoms with van der Waals surface area (Å²) in [5.41, 5.74) is 5.23. The summed E-state index contributed by atoms with van der Waals surface area (Å²) >= 11 is 0. The van der Waals surface area contributed by atoms with Crippen LogP contribution in [0.25, 0.3) is 0 Å². The molecule has 0 aliphatic heterocycles. The minimum absolute atomic E-state index is 0.0417. The summed E-state index contributed by atoms with van der Waals surface area (Å²) in [6.45, 7) is 11.9. The van der Waals surface area contributed by atoms with Gasteiger partial charge in [0, 0.05) is 18.6 Å². The number of ether oxygens (including phenoxy) is 1. The highest BCUT2D eigenvalue weighted by atomic mass is 16.6. The molecule has 90 valence electrons. The first-order valence-corrected chi connectivity index (χ1v) is 5.38. The van der Waals surface area contributed by atoms with Gasteiger partial charge < -0.3 is 15.4 Å². The summed E-state index contributed by atoms with van der Waals surface area (Å²) in [4.78, 5) is 13.4. The van der Waals surface area contributed by atoms with Crippen molar-refractivity contribution in [3.05, 3.63) is 0 Å². The predicted molar refractivity (Wildman–Crippen MR) is 61.7 cm³/mol. The molecule has 4 heteroatoms. The molecule has 0 aliphatic rings. The van der Waals surface area contributed by atoms with Gasteiger partial charge in [0.1, 0.15) is 5.60 Å². The van der Waals surface area contributed by atoms with Crippen LogP contribution in [0.4, 0.5) is 4.79 Å². The molecule has 0 saturated carbocycles. The van der Waals surface area contributed by atoms with Gasteiger partial charge in [0.15, 0.2) is 0 Å². The topological polar surface area (TPSA) is 55.6 Å². The average molecular weight is 216 g/mol. The Balaban J connectivity index is 4.43. The molecule has 0 fully saturated rings. The Hall–Kier alpha value is -0.770. The van der Waals surface area contributed by atoms with Crippen molar-refractivity contribution >= 4 is 6.09 Å². The number of nitrogens with two attached hydrogens (primary N) is 1. The molecule has 1 atom stereocenters. The van der Waals surface area contributed by atoms with Crippen LogP contribution in [0.2, 0.25) is 0 Å². The highest BCUT2D eigenvalue weighted by Gasteiger charge is 2.24. The molecule has 0 radical (unpaired) electrons. The van der Waals surface area contributed by atoms with Crippen molar-refractivity contribution in [2.45, 2.75) is 59.2 Å². The van der Waals surface area contributed by atoms with E-state index in [1.54, 1.807) is 4.90 Å². The van der Waals surface area contributed by atoms with E-state index in [9.17, 15) is 4.79 Å². The van der Waals surface area contributed by atoms with Gasteiger partial charge in [-0.3, -0.25) is 0 Å². The Labute approximate surface area is 92.8 Å². The predicted octanol–water partition coefficient (Wildman–Crippen LogP) is 1.98. The van der Waals surface area contributed by atoms with Crippen molar-refractivity contribution in [2.75, 3.05) is 6.54 Å². The van der Waals surface area contributed by atoms with E-state index in [1.165, 1.54) is 0 Å². The van der Waals surface area contributed by atoms with E-state index >= 15 is 0 Å². The minimum Gasteiger partial charge on any atom is -0.444 e. The zero-order valence-electron chi connectivity index (χ0n) is 10.7. The van der Waals surface area contributed by atoms with Gasteiger partial charge >= 0.3 is 6.09 Å². The van der Waals surface area contributed by atoms with Gasteiger partial charge in [-0.15, -0.1) is 0 Å². The van der Waals surface area contributed by atoms with E-state index in [-0.39, 0.29) is 18.2 Å². The zero-order valence-corrected chi connectivity index (χ0v) is 10.7. The first-order valence-electron chi connectivity index (χ1n) is 5.38. The van der Waals surface area contributed by atoms with E-state index in [1.807, 2.05) is 41.5 Å². The molecule has 4 nitrogen and oxygen atoms in total. The molecule has 1 amide bonds. The van der Waals surface area contributed by atoms with Gasteiger partial charge in [-0.05, 0) is 41.5 Å². The Kier molecular flexibility index (Phi) is 5.08. The van der Waals surface area contributed by atoms with Crippen molar-refractivity contribution in [2.24, 2.45) is 5.73 Å². The quantitative estimate of drug-likeness (QED) is 0.784. The SMILES string of the molecule is CC(C)N(C[C@H](C)N)C(=O)OC(C)(C)C. The second kappa shape index (κ2) is 5.35. The van der Waals surface area contributed by atoms with Crippen molar-refractivity contribution in [1.82, 2.24) is 4.90 Å². The second-order valence-electron chi connectivity index (χ2n) is 5.20. The highest BCUT2D eigenvalue weighted by molar-refractivity contribution is 5.68. The lowest BCUT2D eigenvalue weighted by atomic mass is 10.2. The number of amides is 1. The first-order chi connectivity index (χ1) is 6.63. The summed E-state index contributed by atoms with van der Waals surface area (Å²) in [7, 11) is 0. The molecule has 0 aliphatic carbocycles. The summed E-state index contributed by atoms with van der Waals surface area (Å²) in [5, 5.41) is 0. The van der Waals surface area contributed by atoms with Crippen molar-refractivity contribution in [1.29, 1.82) is 0 Å². The summed E-state index contributed by atoms with van der Waals surface area (Å²) in [6.07, 6.45) is -0.296. The molecule has 0 unspecified atom stereocenters. The van der Waals surface area contributed by atoms with E-state index in [4.69, 9.17) is 10.5 Å². The fourth-order valence-electron chi connectivity index (χ4n) is 1.13. The molecule has 0 rings (SSSR count). The van der Waals surface area contributed by atoms with Crippen molar-refractivity contribution in [3.63, 3.8) is 0 Å². The number of carbonyl (C=O) groups excluding carboxylic acids is 1. The molecular formula is C11H24N2O2. The molecule has 2 N–H and O–H groups in total. The van der Waals surface area contributed by atoms with Crippen LogP contribution in [-0.4, -0.2) is 35.2 Å². The zero-order chi connectivity index (χ0) is 12.2. The Morgan fingerprint density at radius 2 is 1.80 bits per heavy atom. The van der Waals surface area contributed by atoms with Crippen LogP contribution in [0.1, 0.15) is 41.5 Å². The lowest BCUT2D eigenvalue weighted by Gasteiger charge is -2.31.